The number of amides is 2. The van der Waals surface area contributed by atoms with Crippen molar-refractivity contribution in [1.29, 1.82) is 0 Å². The van der Waals surface area contributed by atoms with Crippen LogP contribution in [-0.4, -0.2) is 68.2 Å². The van der Waals surface area contributed by atoms with Gasteiger partial charge in [-0.25, -0.2) is 0 Å². The lowest BCUT2D eigenvalue weighted by atomic mass is 9.97. The summed E-state index contributed by atoms with van der Waals surface area (Å²) >= 11 is 0. The number of hydrogen-bond acceptors (Lipinski definition) is 7. The largest absolute Gasteiger partial charge is 0.497 e. The van der Waals surface area contributed by atoms with Crippen molar-refractivity contribution in [3.05, 3.63) is 59.7 Å². The minimum atomic E-state index is -0.728. The first-order valence-corrected chi connectivity index (χ1v) is 11.9. The Bertz CT molecular complexity index is 999. The molecular weight excluding hydrogens is 462 g/mol. The Kier molecular flexibility index (Phi) is 8.93. The standard InChI is InChI=1S/C27H35N3O6/c1-27(2,3)36-24(32)17-30-15-14-28-22(26(30)33)16-23(31)29-25(18-6-10-20(34-4)11-7-18)19-8-12-21(35-5)13-9-19/h6-13,22,25,28H,14-17H2,1-5H3,(H,29,31)/t22-/m0/s1. The van der Waals surface area contributed by atoms with Crippen molar-refractivity contribution in [2.45, 2.75) is 44.9 Å². The van der Waals surface area contributed by atoms with E-state index in [2.05, 4.69) is 10.6 Å². The number of methoxy groups -OCH3 is 2. The molecule has 36 heavy (non-hydrogen) atoms. The lowest BCUT2D eigenvalue weighted by Gasteiger charge is -2.33. The molecule has 194 valence electrons. The van der Waals surface area contributed by atoms with Crippen molar-refractivity contribution >= 4 is 17.8 Å². The van der Waals surface area contributed by atoms with Gasteiger partial charge < -0.3 is 29.7 Å². The van der Waals surface area contributed by atoms with E-state index in [9.17, 15) is 14.4 Å². The third-order valence-corrected chi connectivity index (χ3v) is 5.72. The number of nitrogens with one attached hydrogen (secondary N) is 2. The van der Waals surface area contributed by atoms with E-state index < -0.39 is 23.7 Å². The topological polar surface area (TPSA) is 106 Å². The molecule has 1 atom stereocenters. The molecule has 1 aliphatic rings. The fourth-order valence-corrected chi connectivity index (χ4v) is 3.99. The van der Waals surface area contributed by atoms with E-state index in [1.165, 1.54) is 4.90 Å². The zero-order valence-corrected chi connectivity index (χ0v) is 21.5. The number of nitrogens with zero attached hydrogens (tertiary/aromatic N) is 1. The Hall–Kier alpha value is -3.59. The zero-order chi connectivity index (χ0) is 26.3. The summed E-state index contributed by atoms with van der Waals surface area (Å²) in [5.41, 5.74) is 1.10. The van der Waals surface area contributed by atoms with Crippen molar-refractivity contribution in [3.63, 3.8) is 0 Å². The molecule has 0 saturated carbocycles. The van der Waals surface area contributed by atoms with Gasteiger partial charge in [-0.15, -0.1) is 0 Å². The van der Waals surface area contributed by atoms with Crippen molar-refractivity contribution in [2.75, 3.05) is 33.9 Å². The summed E-state index contributed by atoms with van der Waals surface area (Å²) in [7, 11) is 3.19. The Labute approximate surface area is 212 Å². The highest BCUT2D eigenvalue weighted by atomic mass is 16.6. The molecule has 1 aliphatic heterocycles. The average Bonchev–Trinajstić information content (AvgIpc) is 2.84. The maximum Gasteiger partial charge on any atom is 0.326 e. The van der Waals surface area contributed by atoms with Gasteiger partial charge in [-0.1, -0.05) is 24.3 Å². The molecule has 9 nitrogen and oxygen atoms in total. The van der Waals surface area contributed by atoms with E-state index >= 15 is 0 Å². The first-order chi connectivity index (χ1) is 17.1. The van der Waals surface area contributed by atoms with Crippen LogP contribution in [0.2, 0.25) is 0 Å². The number of carbonyl (C=O) groups is 3. The molecule has 1 heterocycles. The van der Waals surface area contributed by atoms with Gasteiger partial charge in [0.05, 0.1) is 32.7 Å². The number of benzene rings is 2. The van der Waals surface area contributed by atoms with Gasteiger partial charge in [0.25, 0.3) is 0 Å². The lowest BCUT2D eigenvalue weighted by molar-refractivity contribution is -0.160. The maximum atomic E-state index is 13.1. The summed E-state index contributed by atoms with van der Waals surface area (Å²) in [4.78, 5) is 39.7. The maximum absolute atomic E-state index is 13.1. The van der Waals surface area contributed by atoms with Gasteiger partial charge in [0, 0.05) is 13.1 Å². The molecule has 0 aliphatic carbocycles. The summed E-state index contributed by atoms with van der Waals surface area (Å²) in [6.07, 6.45) is -0.0630. The number of hydrogen-bond donors (Lipinski definition) is 2. The highest BCUT2D eigenvalue weighted by Crippen LogP contribution is 2.26. The molecule has 0 aromatic heterocycles. The van der Waals surface area contributed by atoms with Gasteiger partial charge in [-0.05, 0) is 56.2 Å². The quantitative estimate of drug-likeness (QED) is 0.513. The van der Waals surface area contributed by atoms with Gasteiger partial charge in [-0.2, -0.15) is 0 Å². The van der Waals surface area contributed by atoms with Crippen LogP contribution in [-0.2, 0) is 19.1 Å². The van der Waals surface area contributed by atoms with Crippen molar-refractivity contribution in [1.82, 2.24) is 15.5 Å². The number of carbonyl (C=O) groups excluding carboxylic acids is 3. The number of rotatable bonds is 9. The minimum absolute atomic E-state index is 0.0630. The lowest BCUT2D eigenvalue weighted by Crippen LogP contribution is -2.57. The van der Waals surface area contributed by atoms with Crippen LogP contribution in [0.15, 0.2) is 48.5 Å². The predicted octanol–water partition coefficient (Wildman–Crippen LogP) is 2.44. The Morgan fingerprint density at radius 1 is 1.00 bits per heavy atom. The van der Waals surface area contributed by atoms with E-state index in [0.717, 1.165) is 11.1 Å². The smallest absolute Gasteiger partial charge is 0.326 e. The molecule has 2 amide bonds. The molecule has 1 saturated heterocycles. The molecule has 2 N–H and O–H groups in total. The third kappa shape index (κ3) is 7.45. The van der Waals surface area contributed by atoms with Crippen molar-refractivity contribution in [2.24, 2.45) is 0 Å². The normalized spacial score (nSPS) is 16.0. The summed E-state index contributed by atoms with van der Waals surface area (Å²) in [5, 5.41) is 6.15. The van der Waals surface area contributed by atoms with Crippen LogP contribution in [0.4, 0.5) is 0 Å². The zero-order valence-electron chi connectivity index (χ0n) is 21.5. The molecule has 0 unspecified atom stereocenters. The molecule has 2 aromatic rings. The van der Waals surface area contributed by atoms with Crippen LogP contribution in [0.3, 0.4) is 0 Å². The van der Waals surface area contributed by atoms with E-state index in [1.807, 2.05) is 48.5 Å². The van der Waals surface area contributed by atoms with E-state index in [-0.39, 0.29) is 24.8 Å². The highest BCUT2D eigenvalue weighted by molar-refractivity contribution is 5.91. The van der Waals surface area contributed by atoms with Gasteiger partial charge >= 0.3 is 5.97 Å². The monoisotopic (exact) mass is 497 g/mol. The highest BCUT2D eigenvalue weighted by Gasteiger charge is 2.33. The minimum Gasteiger partial charge on any atom is -0.497 e. The number of esters is 1. The Morgan fingerprint density at radius 3 is 2.00 bits per heavy atom. The van der Waals surface area contributed by atoms with Gasteiger partial charge in [0.1, 0.15) is 23.6 Å². The van der Waals surface area contributed by atoms with Crippen molar-refractivity contribution in [3.8, 4) is 11.5 Å². The second-order valence-electron chi connectivity index (χ2n) is 9.60. The first kappa shape index (κ1) is 27.0. The van der Waals surface area contributed by atoms with E-state index in [0.29, 0.717) is 24.6 Å². The SMILES string of the molecule is COc1ccc(C(NC(=O)C[C@@H]2NCCN(CC(=O)OC(C)(C)C)C2=O)c2ccc(OC)cc2)cc1. The second-order valence-corrected chi connectivity index (χ2v) is 9.60. The second kappa shape index (κ2) is 11.9. The van der Waals surface area contributed by atoms with Crippen LogP contribution in [0.1, 0.15) is 44.4 Å². The van der Waals surface area contributed by atoms with Crippen LogP contribution < -0.4 is 20.1 Å². The van der Waals surface area contributed by atoms with Gasteiger partial charge in [0.15, 0.2) is 0 Å². The van der Waals surface area contributed by atoms with Gasteiger partial charge in [-0.3, -0.25) is 14.4 Å². The molecule has 0 radical (unpaired) electrons. The first-order valence-electron chi connectivity index (χ1n) is 11.9. The average molecular weight is 498 g/mol. The molecule has 0 bridgehead atoms. The molecule has 9 heteroatoms. The number of piperazine rings is 1. The summed E-state index contributed by atoms with van der Waals surface area (Å²) in [6.45, 7) is 6.04. The molecule has 1 fully saturated rings. The Morgan fingerprint density at radius 2 is 1.53 bits per heavy atom. The fourth-order valence-electron chi connectivity index (χ4n) is 3.99. The summed E-state index contributed by atoms with van der Waals surface area (Å²) in [5.74, 6) is 0.352. The number of ether oxygens (including phenoxy) is 3. The van der Waals surface area contributed by atoms with Crippen LogP contribution in [0.25, 0.3) is 0 Å². The molecule has 2 aromatic carbocycles. The summed E-state index contributed by atoms with van der Waals surface area (Å²) < 4.78 is 15.8. The van der Waals surface area contributed by atoms with E-state index in [4.69, 9.17) is 14.2 Å². The van der Waals surface area contributed by atoms with Crippen LogP contribution in [0, 0.1) is 0 Å². The predicted molar refractivity (Wildman–Crippen MR) is 135 cm³/mol. The van der Waals surface area contributed by atoms with Crippen LogP contribution >= 0.6 is 0 Å². The van der Waals surface area contributed by atoms with Gasteiger partial charge in [0.2, 0.25) is 11.8 Å². The van der Waals surface area contributed by atoms with Crippen molar-refractivity contribution < 1.29 is 28.6 Å². The van der Waals surface area contributed by atoms with Crippen LogP contribution in [0.5, 0.6) is 11.5 Å². The molecule has 3 rings (SSSR count). The summed E-state index contributed by atoms with van der Waals surface area (Å²) in [6, 6.07) is 13.7. The molecule has 0 spiro atoms. The Balaban J connectivity index is 1.71. The third-order valence-electron chi connectivity index (χ3n) is 5.72. The fraction of sp³-hybridized carbons (Fsp3) is 0.444. The van der Waals surface area contributed by atoms with E-state index in [1.54, 1.807) is 35.0 Å². The molecular formula is C27H35N3O6.